The molecule has 0 radical (unpaired) electrons. The van der Waals surface area contributed by atoms with E-state index in [1.807, 2.05) is 0 Å². The van der Waals surface area contributed by atoms with Crippen LogP contribution in [0, 0.1) is 11.8 Å². The lowest BCUT2D eigenvalue weighted by Gasteiger charge is -2.30. The normalized spacial score (nSPS) is 30.0. The van der Waals surface area contributed by atoms with Gasteiger partial charge < -0.3 is 10.4 Å². The number of benzene rings is 2. The lowest BCUT2D eigenvalue weighted by atomic mass is 9.76. The van der Waals surface area contributed by atoms with E-state index in [-0.39, 0.29) is 6.54 Å². The van der Waals surface area contributed by atoms with Crippen molar-refractivity contribution in [3.8, 4) is 0 Å². The number of fused-ring (bicyclic) bond motifs is 4. The van der Waals surface area contributed by atoms with Crippen LogP contribution in [0.25, 0.3) is 0 Å². The molecule has 0 aliphatic carbocycles. The van der Waals surface area contributed by atoms with Crippen LogP contribution >= 0.6 is 23.2 Å². The Morgan fingerprint density at radius 1 is 1.06 bits per heavy atom. The van der Waals surface area contributed by atoms with Crippen molar-refractivity contribution in [1.29, 1.82) is 0 Å². The van der Waals surface area contributed by atoms with Crippen LogP contribution < -0.4 is 10.6 Å². The molecule has 1 spiro atoms. The number of anilines is 1. The standard InChI is InChI=1S/C22H19Cl2N3O4/c1-10(28)17-15-16(20(30)27(19(15)29)9-11-5-2-3-7-13(11)23)22(26-17)12-6-4-8-14(24)18(12)25-21(22)31/h2-8,10,15-17,26,28H,9H2,1H3,(H,25,31). The molecule has 2 aromatic carbocycles. The van der Waals surface area contributed by atoms with Gasteiger partial charge in [-0.05, 0) is 24.6 Å². The molecule has 2 saturated heterocycles. The van der Waals surface area contributed by atoms with E-state index in [4.69, 9.17) is 23.2 Å². The van der Waals surface area contributed by atoms with Crippen LogP contribution in [0.5, 0.6) is 0 Å². The van der Waals surface area contributed by atoms with Crippen LogP contribution in [0.4, 0.5) is 5.69 Å². The Morgan fingerprint density at radius 2 is 1.77 bits per heavy atom. The number of carbonyl (C=O) groups excluding carboxylic acids is 3. The first-order valence-corrected chi connectivity index (χ1v) is 10.7. The van der Waals surface area contributed by atoms with Crippen LogP contribution in [-0.4, -0.2) is 39.9 Å². The van der Waals surface area contributed by atoms with Gasteiger partial charge in [-0.25, -0.2) is 0 Å². The van der Waals surface area contributed by atoms with E-state index in [2.05, 4.69) is 10.6 Å². The Morgan fingerprint density at radius 3 is 2.48 bits per heavy atom. The maximum atomic E-state index is 13.6. The molecule has 160 valence electrons. The number of imide groups is 1. The number of nitrogens with one attached hydrogen (secondary N) is 2. The van der Waals surface area contributed by atoms with Crippen molar-refractivity contribution in [2.75, 3.05) is 5.32 Å². The van der Waals surface area contributed by atoms with Crippen LogP contribution in [-0.2, 0) is 26.5 Å². The highest BCUT2D eigenvalue weighted by molar-refractivity contribution is 6.35. The SMILES string of the molecule is CC(O)C1NC2(C(=O)Nc3c(Cl)cccc32)C2C(=O)N(Cc3ccccc3Cl)C(=O)C12. The minimum Gasteiger partial charge on any atom is -0.392 e. The molecule has 0 aromatic heterocycles. The van der Waals surface area contributed by atoms with Gasteiger partial charge in [0, 0.05) is 16.6 Å². The molecule has 7 nitrogen and oxygen atoms in total. The molecular weight excluding hydrogens is 441 g/mol. The van der Waals surface area contributed by atoms with E-state index in [1.54, 1.807) is 42.5 Å². The molecule has 0 saturated carbocycles. The monoisotopic (exact) mass is 459 g/mol. The number of nitrogens with zero attached hydrogens (tertiary/aromatic N) is 1. The topological polar surface area (TPSA) is 98.7 Å². The molecule has 3 amide bonds. The Kier molecular flexibility index (Phi) is 4.64. The number of likely N-dealkylation sites (tertiary alicyclic amines) is 1. The van der Waals surface area contributed by atoms with Gasteiger partial charge >= 0.3 is 0 Å². The predicted octanol–water partition coefficient (Wildman–Crippen LogP) is 2.29. The summed E-state index contributed by atoms with van der Waals surface area (Å²) >= 11 is 12.5. The third kappa shape index (κ3) is 2.70. The van der Waals surface area contributed by atoms with Crippen molar-refractivity contribution in [1.82, 2.24) is 10.2 Å². The average Bonchev–Trinajstić information content (AvgIpc) is 3.32. The van der Waals surface area contributed by atoms with E-state index in [9.17, 15) is 19.5 Å². The third-order valence-corrected chi connectivity index (χ3v) is 7.21. The van der Waals surface area contributed by atoms with Gasteiger partial charge in [0.05, 0.1) is 35.2 Å². The quantitative estimate of drug-likeness (QED) is 0.611. The fraction of sp³-hybridized carbons (Fsp3) is 0.318. The molecular formula is C22H19Cl2N3O4. The number of aliphatic hydroxyl groups is 1. The molecule has 9 heteroatoms. The number of carbonyl (C=O) groups is 3. The smallest absolute Gasteiger partial charge is 0.250 e. The maximum Gasteiger partial charge on any atom is 0.250 e. The van der Waals surface area contributed by atoms with Gasteiger partial charge in [-0.3, -0.25) is 24.6 Å². The minimum absolute atomic E-state index is 0.00300. The van der Waals surface area contributed by atoms with E-state index in [1.165, 1.54) is 6.92 Å². The van der Waals surface area contributed by atoms with Gasteiger partial charge in [-0.1, -0.05) is 53.5 Å². The highest BCUT2D eigenvalue weighted by Crippen LogP contribution is 2.54. The molecule has 5 rings (SSSR count). The first kappa shape index (κ1) is 20.5. The van der Waals surface area contributed by atoms with E-state index >= 15 is 0 Å². The summed E-state index contributed by atoms with van der Waals surface area (Å²) in [6, 6.07) is 11.2. The van der Waals surface area contributed by atoms with Crippen molar-refractivity contribution >= 4 is 46.6 Å². The fourth-order valence-corrected chi connectivity index (χ4v) is 5.57. The maximum absolute atomic E-state index is 13.6. The summed E-state index contributed by atoms with van der Waals surface area (Å²) in [5.41, 5.74) is 0.0512. The average molecular weight is 460 g/mol. The highest BCUT2D eigenvalue weighted by atomic mass is 35.5. The summed E-state index contributed by atoms with van der Waals surface area (Å²) < 4.78 is 0. The van der Waals surface area contributed by atoms with Crippen LogP contribution in [0.3, 0.4) is 0 Å². The highest BCUT2D eigenvalue weighted by Gasteiger charge is 2.71. The second kappa shape index (κ2) is 7.03. The third-order valence-electron chi connectivity index (χ3n) is 6.53. The van der Waals surface area contributed by atoms with Gasteiger partial charge in [-0.2, -0.15) is 0 Å². The van der Waals surface area contributed by atoms with Crippen molar-refractivity contribution in [3.63, 3.8) is 0 Å². The number of amides is 3. The molecule has 5 atom stereocenters. The first-order chi connectivity index (χ1) is 14.8. The molecule has 3 N–H and O–H groups in total. The van der Waals surface area contributed by atoms with Gasteiger partial charge in [-0.15, -0.1) is 0 Å². The molecule has 3 aliphatic heterocycles. The van der Waals surface area contributed by atoms with E-state index in [0.717, 1.165) is 4.90 Å². The Balaban J connectivity index is 1.63. The van der Waals surface area contributed by atoms with Crippen LogP contribution in [0.2, 0.25) is 10.0 Å². The summed E-state index contributed by atoms with van der Waals surface area (Å²) in [5, 5.41) is 17.1. The summed E-state index contributed by atoms with van der Waals surface area (Å²) in [5.74, 6) is -3.29. The lowest BCUT2D eigenvalue weighted by molar-refractivity contribution is -0.143. The Hall–Kier alpha value is -2.45. The minimum atomic E-state index is -1.49. The molecule has 0 bridgehead atoms. The van der Waals surface area contributed by atoms with Crippen molar-refractivity contribution < 1.29 is 19.5 Å². The summed E-state index contributed by atoms with van der Waals surface area (Å²) in [7, 11) is 0. The van der Waals surface area contributed by atoms with E-state index in [0.29, 0.717) is 26.9 Å². The number of halogens is 2. The second-order valence-corrected chi connectivity index (χ2v) is 9.01. The zero-order valence-electron chi connectivity index (χ0n) is 16.4. The fourth-order valence-electron chi connectivity index (χ4n) is 5.15. The zero-order chi connectivity index (χ0) is 22.1. The molecule has 2 aromatic rings. The second-order valence-electron chi connectivity index (χ2n) is 8.19. The summed E-state index contributed by atoms with van der Waals surface area (Å²) in [6.45, 7) is 1.53. The Labute approximate surface area is 188 Å². The van der Waals surface area contributed by atoms with Crippen molar-refractivity contribution in [3.05, 3.63) is 63.6 Å². The largest absolute Gasteiger partial charge is 0.392 e. The number of hydrogen-bond donors (Lipinski definition) is 3. The number of aliphatic hydroxyl groups excluding tert-OH is 1. The van der Waals surface area contributed by atoms with Crippen molar-refractivity contribution in [2.24, 2.45) is 11.8 Å². The van der Waals surface area contributed by atoms with Gasteiger partial charge in [0.2, 0.25) is 17.7 Å². The number of para-hydroxylation sites is 1. The number of rotatable bonds is 3. The van der Waals surface area contributed by atoms with Gasteiger partial charge in [0.15, 0.2) is 0 Å². The number of hydrogen-bond acceptors (Lipinski definition) is 5. The van der Waals surface area contributed by atoms with Crippen molar-refractivity contribution in [2.45, 2.75) is 31.2 Å². The van der Waals surface area contributed by atoms with E-state index < -0.39 is 47.2 Å². The van der Waals surface area contributed by atoms with Gasteiger partial charge in [0.25, 0.3) is 0 Å². The van der Waals surface area contributed by atoms with Crippen LogP contribution in [0.1, 0.15) is 18.1 Å². The summed E-state index contributed by atoms with van der Waals surface area (Å²) in [4.78, 5) is 41.4. The molecule has 3 aliphatic rings. The van der Waals surface area contributed by atoms with Gasteiger partial charge in [0.1, 0.15) is 5.54 Å². The molecule has 2 fully saturated rings. The first-order valence-electron chi connectivity index (χ1n) is 9.92. The predicted molar refractivity (Wildman–Crippen MR) is 114 cm³/mol. The lowest BCUT2D eigenvalue weighted by Crippen LogP contribution is -2.54. The molecule has 31 heavy (non-hydrogen) atoms. The molecule has 3 heterocycles. The molecule has 5 unspecified atom stereocenters. The van der Waals surface area contributed by atoms with Crippen LogP contribution in [0.15, 0.2) is 42.5 Å². The zero-order valence-corrected chi connectivity index (χ0v) is 17.9. The Bertz CT molecular complexity index is 1140. The summed E-state index contributed by atoms with van der Waals surface area (Å²) in [6.07, 6.45) is -0.972.